The van der Waals surface area contributed by atoms with Gasteiger partial charge in [0, 0.05) is 17.5 Å². The van der Waals surface area contributed by atoms with Crippen molar-refractivity contribution in [1.29, 1.82) is 0 Å². The van der Waals surface area contributed by atoms with E-state index in [9.17, 15) is 4.39 Å². The maximum absolute atomic E-state index is 14.1. The summed E-state index contributed by atoms with van der Waals surface area (Å²) >= 11 is 0. The van der Waals surface area contributed by atoms with E-state index in [1.807, 2.05) is 37.4 Å². The van der Waals surface area contributed by atoms with Gasteiger partial charge in [-0.15, -0.1) is 0 Å². The number of ether oxygens (including phenoxy) is 1. The van der Waals surface area contributed by atoms with E-state index in [-0.39, 0.29) is 17.8 Å². The summed E-state index contributed by atoms with van der Waals surface area (Å²) in [5.74, 6) is 0.984. The van der Waals surface area contributed by atoms with Gasteiger partial charge in [-0.05, 0) is 31.2 Å². The quantitative estimate of drug-likeness (QED) is 0.920. The molecule has 20 heavy (non-hydrogen) atoms. The lowest BCUT2D eigenvalue weighted by atomic mass is 9.83. The van der Waals surface area contributed by atoms with Gasteiger partial charge >= 0.3 is 0 Å². The highest BCUT2D eigenvalue weighted by Crippen LogP contribution is 2.41. The Morgan fingerprint density at radius 3 is 2.70 bits per heavy atom. The average molecular weight is 271 g/mol. The monoisotopic (exact) mass is 271 g/mol. The van der Waals surface area contributed by atoms with E-state index in [4.69, 9.17) is 4.74 Å². The average Bonchev–Trinajstić information content (AvgIpc) is 2.50. The lowest BCUT2D eigenvalue weighted by molar-refractivity contribution is 0.247. The van der Waals surface area contributed by atoms with Gasteiger partial charge in [-0.1, -0.05) is 36.4 Å². The predicted molar refractivity (Wildman–Crippen MR) is 77.5 cm³/mol. The van der Waals surface area contributed by atoms with Crippen molar-refractivity contribution in [2.45, 2.75) is 18.4 Å². The zero-order chi connectivity index (χ0) is 13.9. The predicted octanol–water partition coefficient (Wildman–Crippen LogP) is 3.65. The zero-order valence-corrected chi connectivity index (χ0v) is 11.5. The Kier molecular flexibility index (Phi) is 3.70. The minimum Gasteiger partial charge on any atom is -0.493 e. The largest absolute Gasteiger partial charge is 0.493 e. The highest BCUT2D eigenvalue weighted by atomic mass is 19.1. The van der Waals surface area contributed by atoms with E-state index < -0.39 is 0 Å². The molecule has 2 aromatic rings. The van der Waals surface area contributed by atoms with E-state index in [1.54, 1.807) is 6.07 Å². The molecule has 0 amide bonds. The summed E-state index contributed by atoms with van der Waals surface area (Å²) in [6, 6.07) is 15.0. The SMILES string of the molecule is CNC(c1ccccc1F)C1CCOc2ccccc21. The highest BCUT2D eigenvalue weighted by molar-refractivity contribution is 5.40. The van der Waals surface area contributed by atoms with Gasteiger partial charge in [0.05, 0.1) is 6.61 Å². The second-order valence-corrected chi connectivity index (χ2v) is 5.07. The molecule has 0 radical (unpaired) electrons. The molecule has 0 saturated heterocycles. The summed E-state index contributed by atoms with van der Waals surface area (Å²) in [4.78, 5) is 0. The molecule has 0 fully saturated rings. The van der Waals surface area contributed by atoms with E-state index in [0.29, 0.717) is 6.61 Å². The number of fused-ring (bicyclic) bond motifs is 1. The molecule has 2 aromatic carbocycles. The summed E-state index contributed by atoms with van der Waals surface area (Å²) in [5.41, 5.74) is 1.87. The molecule has 0 aliphatic carbocycles. The van der Waals surface area contributed by atoms with Crippen LogP contribution >= 0.6 is 0 Å². The molecule has 2 nitrogen and oxygen atoms in total. The van der Waals surface area contributed by atoms with Gasteiger partial charge in [0.1, 0.15) is 11.6 Å². The lowest BCUT2D eigenvalue weighted by Crippen LogP contribution is -2.28. The molecule has 3 heteroatoms. The van der Waals surface area contributed by atoms with E-state index >= 15 is 0 Å². The number of benzene rings is 2. The van der Waals surface area contributed by atoms with Crippen LogP contribution in [0.3, 0.4) is 0 Å². The molecule has 104 valence electrons. The van der Waals surface area contributed by atoms with Crippen molar-refractivity contribution in [3.63, 3.8) is 0 Å². The number of rotatable bonds is 3. The standard InChI is InChI=1S/C17H18FNO/c1-19-17(14-7-2-4-8-15(14)18)13-10-11-20-16-9-5-3-6-12(13)16/h2-9,13,17,19H,10-11H2,1H3. The molecule has 0 saturated carbocycles. The number of para-hydroxylation sites is 1. The molecule has 1 N–H and O–H groups in total. The van der Waals surface area contributed by atoms with Crippen LogP contribution in [0.1, 0.15) is 29.5 Å². The van der Waals surface area contributed by atoms with Crippen LogP contribution in [0.25, 0.3) is 0 Å². The van der Waals surface area contributed by atoms with E-state index in [2.05, 4.69) is 11.4 Å². The fraction of sp³-hybridized carbons (Fsp3) is 0.294. The summed E-state index contributed by atoms with van der Waals surface area (Å²) < 4.78 is 19.8. The molecule has 0 aromatic heterocycles. The Morgan fingerprint density at radius 1 is 1.15 bits per heavy atom. The Bertz CT molecular complexity index is 599. The number of nitrogens with one attached hydrogen (secondary N) is 1. The third kappa shape index (κ3) is 2.29. The van der Waals surface area contributed by atoms with Gasteiger partial charge in [0.15, 0.2) is 0 Å². The van der Waals surface area contributed by atoms with Gasteiger partial charge in [0.2, 0.25) is 0 Å². The Morgan fingerprint density at radius 2 is 1.90 bits per heavy atom. The van der Waals surface area contributed by atoms with Crippen molar-refractivity contribution in [3.8, 4) is 5.75 Å². The van der Waals surface area contributed by atoms with Gasteiger partial charge in [0.25, 0.3) is 0 Å². The molecule has 3 rings (SSSR count). The Balaban J connectivity index is 2.01. The summed E-state index contributed by atoms with van der Waals surface area (Å²) in [7, 11) is 1.88. The van der Waals surface area contributed by atoms with Gasteiger partial charge in [-0.3, -0.25) is 0 Å². The topological polar surface area (TPSA) is 21.3 Å². The second kappa shape index (κ2) is 5.63. The highest BCUT2D eigenvalue weighted by Gasteiger charge is 2.30. The van der Waals surface area contributed by atoms with Gasteiger partial charge < -0.3 is 10.1 Å². The Hall–Kier alpha value is -1.87. The van der Waals surface area contributed by atoms with Crippen LogP contribution in [-0.2, 0) is 0 Å². The first-order valence-electron chi connectivity index (χ1n) is 6.94. The van der Waals surface area contributed by atoms with Crippen molar-refractivity contribution in [1.82, 2.24) is 5.32 Å². The first-order valence-corrected chi connectivity index (χ1v) is 6.94. The van der Waals surface area contributed by atoms with Crippen molar-refractivity contribution in [2.24, 2.45) is 0 Å². The molecule has 1 aliphatic heterocycles. The Labute approximate surface area is 118 Å². The summed E-state index contributed by atoms with van der Waals surface area (Å²) in [5, 5.41) is 3.27. The summed E-state index contributed by atoms with van der Waals surface area (Å²) in [6.07, 6.45) is 0.886. The minimum atomic E-state index is -0.157. The van der Waals surface area contributed by atoms with Gasteiger partial charge in [-0.2, -0.15) is 0 Å². The molecule has 2 unspecified atom stereocenters. The van der Waals surface area contributed by atoms with Crippen LogP contribution in [0.5, 0.6) is 5.75 Å². The van der Waals surface area contributed by atoms with Crippen molar-refractivity contribution >= 4 is 0 Å². The minimum absolute atomic E-state index is 0.0405. The first-order chi connectivity index (χ1) is 9.81. The van der Waals surface area contributed by atoms with Crippen molar-refractivity contribution < 1.29 is 9.13 Å². The molecule has 0 spiro atoms. The second-order valence-electron chi connectivity index (χ2n) is 5.07. The van der Waals surface area contributed by atoms with Crippen LogP contribution in [0.2, 0.25) is 0 Å². The zero-order valence-electron chi connectivity index (χ0n) is 11.5. The van der Waals surface area contributed by atoms with Crippen LogP contribution in [0.4, 0.5) is 4.39 Å². The van der Waals surface area contributed by atoms with Crippen LogP contribution in [0.15, 0.2) is 48.5 Å². The molecular weight excluding hydrogens is 253 g/mol. The maximum Gasteiger partial charge on any atom is 0.128 e. The van der Waals surface area contributed by atoms with Crippen LogP contribution < -0.4 is 10.1 Å². The lowest BCUT2D eigenvalue weighted by Gasteiger charge is -2.32. The molecule has 1 aliphatic rings. The molecule has 1 heterocycles. The molecular formula is C17H18FNO. The maximum atomic E-state index is 14.1. The van der Waals surface area contributed by atoms with Crippen LogP contribution in [0, 0.1) is 5.82 Å². The van der Waals surface area contributed by atoms with Crippen molar-refractivity contribution in [2.75, 3.05) is 13.7 Å². The third-order valence-electron chi connectivity index (χ3n) is 3.96. The van der Waals surface area contributed by atoms with E-state index in [1.165, 1.54) is 6.07 Å². The third-order valence-corrected chi connectivity index (χ3v) is 3.96. The normalized spacial score (nSPS) is 19.0. The van der Waals surface area contributed by atoms with Crippen LogP contribution in [-0.4, -0.2) is 13.7 Å². The van der Waals surface area contributed by atoms with Gasteiger partial charge in [-0.25, -0.2) is 4.39 Å². The van der Waals surface area contributed by atoms with Crippen molar-refractivity contribution in [3.05, 3.63) is 65.5 Å². The fourth-order valence-corrected chi connectivity index (χ4v) is 3.02. The molecule has 2 atom stereocenters. The number of hydrogen-bond donors (Lipinski definition) is 1. The summed E-state index contributed by atoms with van der Waals surface area (Å²) in [6.45, 7) is 0.675. The fourth-order valence-electron chi connectivity index (χ4n) is 3.02. The number of halogens is 1. The van der Waals surface area contributed by atoms with E-state index in [0.717, 1.165) is 23.3 Å². The molecule has 0 bridgehead atoms. The smallest absolute Gasteiger partial charge is 0.128 e. The number of likely N-dealkylation sites (N-methyl/N-ethyl adjacent to an activating group) is 1. The first kappa shape index (κ1) is 13.1. The number of hydrogen-bond acceptors (Lipinski definition) is 2.